The normalized spacial score (nSPS) is 11.2. The van der Waals surface area contributed by atoms with Gasteiger partial charge in [-0.15, -0.1) is 20.5 Å². The summed E-state index contributed by atoms with van der Waals surface area (Å²) in [5.41, 5.74) is 3.50. The van der Waals surface area contributed by atoms with Gasteiger partial charge in [0.05, 0.1) is 25.5 Å². The summed E-state index contributed by atoms with van der Waals surface area (Å²) >= 11 is 1.07. The lowest BCUT2D eigenvalue weighted by atomic mass is 10.0. The molecule has 0 aliphatic heterocycles. The Morgan fingerprint density at radius 2 is 1.49 bits per heavy atom. The number of hydrogen-bond acceptors (Lipinski definition) is 15. The predicted molar refractivity (Wildman–Crippen MR) is 224 cm³/mol. The first-order valence-corrected chi connectivity index (χ1v) is 19.9. The van der Waals surface area contributed by atoms with Crippen LogP contribution < -0.4 is 25.4 Å². The number of hydrogen-bond donors (Lipinski definition) is 4. The molecule has 0 aliphatic carbocycles. The van der Waals surface area contributed by atoms with E-state index in [4.69, 9.17) is 14.5 Å². The molecule has 6 rings (SSSR count). The molecule has 0 unspecified atom stereocenters. The highest BCUT2D eigenvalue weighted by Crippen LogP contribution is 2.49. The zero-order valence-corrected chi connectivity index (χ0v) is 33.5. The van der Waals surface area contributed by atoms with Crippen molar-refractivity contribution in [3.63, 3.8) is 0 Å². The molecule has 4 N–H and O–H groups in total. The Kier molecular flexibility index (Phi) is 12.7. The van der Waals surface area contributed by atoms with Gasteiger partial charge in [-0.05, 0) is 79.2 Å². The highest BCUT2D eigenvalue weighted by Gasteiger charge is 2.24. The number of carbonyl (C=O) groups excluding carboxylic acids is 1. The minimum Gasteiger partial charge on any atom is -0.497 e. The van der Waals surface area contributed by atoms with E-state index in [2.05, 4.69) is 48.5 Å². The molecule has 0 aliphatic rings. The molecule has 4 aromatic carbocycles. The van der Waals surface area contributed by atoms with Crippen LogP contribution in [0.15, 0.2) is 122 Å². The summed E-state index contributed by atoms with van der Waals surface area (Å²) < 4.78 is 44.5. The number of thiophene rings is 1. The molecule has 0 fully saturated rings. The number of nitriles is 2. The van der Waals surface area contributed by atoms with Gasteiger partial charge in [-0.25, -0.2) is 4.98 Å². The summed E-state index contributed by atoms with van der Waals surface area (Å²) in [7, 11) is -1.88. The van der Waals surface area contributed by atoms with Crippen molar-refractivity contribution in [1.29, 1.82) is 10.5 Å². The van der Waals surface area contributed by atoms with Gasteiger partial charge in [0.1, 0.15) is 44.8 Å². The molecule has 16 nitrogen and oxygen atoms in total. The van der Waals surface area contributed by atoms with Crippen molar-refractivity contribution in [2.45, 2.75) is 25.2 Å². The second-order valence-electron chi connectivity index (χ2n) is 12.4. The van der Waals surface area contributed by atoms with Crippen molar-refractivity contribution in [1.82, 2.24) is 4.98 Å². The second-order valence-corrected chi connectivity index (χ2v) is 14.7. The summed E-state index contributed by atoms with van der Waals surface area (Å²) in [5, 5.41) is 48.6. The highest BCUT2D eigenvalue weighted by atomic mass is 32.2. The second kappa shape index (κ2) is 18.2. The number of anilines is 5. The lowest BCUT2D eigenvalue weighted by Gasteiger charge is -2.16. The average Bonchev–Trinajstić information content (AvgIpc) is 3.60. The minimum atomic E-state index is -4.68. The summed E-state index contributed by atoms with van der Waals surface area (Å²) in [6.07, 6.45) is 0.276. The number of amides is 1. The molecular formula is C41H34N10O6S2. The van der Waals surface area contributed by atoms with Crippen LogP contribution in [-0.4, -0.2) is 38.1 Å². The fraction of sp³-hybridized carbons (Fsp3) is 0.122. The maximum absolute atomic E-state index is 12.2. The summed E-state index contributed by atoms with van der Waals surface area (Å²) in [4.78, 5) is 16.4. The molecule has 0 saturated heterocycles. The highest BCUT2D eigenvalue weighted by molar-refractivity contribution is 7.86. The van der Waals surface area contributed by atoms with E-state index in [0.717, 1.165) is 17.4 Å². The van der Waals surface area contributed by atoms with Gasteiger partial charge in [0.25, 0.3) is 10.1 Å². The Hall–Kier alpha value is -7.51. The third-order valence-corrected chi connectivity index (χ3v) is 10.4. The molecule has 59 heavy (non-hydrogen) atoms. The van der Waals surface area contributed by atoms with Crippen LogP contribution in [0.25, 0.3) is 11.1 Å². The lowest BCUT2D eigenvalue weighted by Crippen LogP contribution is -2.09. The number of aromatic nitrogens is 1. The number of nitrogens with one attached hydrogen (secondary N) is 3. The lowest BCUT2D eigenvalue weighted by molar-refractivity contribution is -0.115. The van der Waals surface area contributed by atoms with E-state index >= 15 is 0 Å². The SMILES string of the molecule is CCC(=O)Nc1cccc(-c2c(N=Nc3ccccc3)sc(N=Nc3c(Nc4ccc(OC)cc4)nc(Nc4ccc(OC)c(S(=O)(=O)O)c4)c(C#N)c3C)c2C#N)c1. The van der Waals surface area contributed by atoms with Crippen molar-refractivity contribution in [2.75, 3.05) is 30.2 Å². The molecule has 0 spiro atoms. The largest absolute Gasteiger partial charge is 0.497 e. The molecule has 0 bridgehead atoms. The number of azo groups is 2. The number of pyridine rings is 1. The smallest absolute Gasteiger partial charge is 0.298 e. The van der Waals surface area contributed by atoms with Crippen molar-refractivity contribution in [3.05, 3.63) is 114 Å². The zero-order valence-electron chi connectivity index (χ0n) is 31.9. The van der Waals surface area contributed by atoms with Crippen LogP contribution in [0.5, 0.6) is 11.5 Å². The van der Waals surface area contributed by atoms with Gasteiger partial charge in [0, 0.05) is 34.6 Å². The van der Waals surface area contributed by atoms with Crippen LogP contribution in [0, 0.1) is 29.6 Å². The van der Waals surface area contributed by atoms with Crippen LogP contribution in [0.1, 0.15) is 30.0 Å². The molecule has 0 radical (unpaired) electrons. The molecular weight excluding hydrogens is 793 g/mol. The van der Waals surface area contributed by atoms with Gasteiger partial charge >= 0.3 is 0 Å². The Morgan fingerprint density at radius 1 is 0.797 bits per heavy atom. The first kappa shape index (κ1) is 41.1. The number of benzene rings is 4. The zero-order chi connectivity index (χ0) is 42.1. The topological polar surface area (TPSA) is 236 Å². The van der Waals surface area contributed by atoms with Crippen LogP contribution in [-0.2, 0) is 14.9 Å². The van der Waals surface area contributed by atoms with Crippen LogP contribution in [0.4, 0.5) is 50.1 Å². The molecule has 0 atom stereocenters. The van der Waals surface area contributed by atoms with Crippen molar-refractivity contribution >= 4 is 77.4 Å². The van der Waals surface area contributed by atoms with Crippen molar-refractivity contribution in [3.8, 4) is 34.8 Å². The molecule has 2 aromatic heterocycles. The maximum atomic E-state index is 12.2. The molecule has 0 saturated carbocycles. The van der Waals surface area contributed by atoms with E-state index in [-0.39, 0.29) is 57.2 Å². The van der Waals surface area contributed by atoms with Gasteiger partial charge in [-0.1, -0.05) is 48.6 Å². The molecule has 296 valence electrons. The number of nitrogens with zero attached hydrogens (tertiary/aromatic N) is 7. The molecule has 6 aromatic rings. The van der Waals surface area contributed by atoms with E-state index in [9.17, 15) is 28.3 Å². The van der Waals surface area contributed by atoms with E-state index < -0.39 is 15.0 Å². The van der Waals surface area contributed by atoms with Gasteiger partial charge in [0.15, 0.2) is 16.6 Å². The van der Waals surface area contributed by atoms with Crippen molar-refractivity contribution < 1.29 is 27.2 Å². The Balaban J connectivity index is 1.50. The monoisotopic (exact) mass is 826 g/mol. The average molecular weight is 827 g/mol. The van der Waals surface area contributed by atoms with Crippen LogP contribution in [0.3, 0.4) is 0 Å². The van der Waals surface area contributed by atoms with Gasteiger partial charge in [-0.3, -0.25) is 9.35 Å². The Labute approximate surface area is 343 Å². The molecule has 18 heteroatoms. The van der Waals surface area contributed by atoms with Crippen molar-refractivity contribution in [2.24, 2.45) is 20.5 Å². The van der Waals surface area contributed by atoms with Gasteiger partial charge < -0.3 is 25.4 Å². The number of rotatable bonds is 14. The summed E-state index contributed by atoms with van der Waals surface area (Å²) in [5.74, 6) is 0.502. The third-order valence-electron chi connectivity index (χ3n) is 8.58. The predicted octanol–water partition coefficient (Wildman–Crippen LogP) is 10.8. The number of methoxy groups -OCH3 is 2. The summed E-state index contributed by atoms with van der Waals surface area (Å²) in [6, 6.07) is 31.4. The Bertz CT molecular complexity index is 2800. The van der Waals surface area contributed by atoms with E-state index in [1.165, 1.54) is 26.4 Å². The fourth-order valence-corrected chi connectivity index (χ4v) is 7.25. The number of carbonyl (C=O) groups is 1. The molecule has 2 heterocycles. The third kappa shape index (κ3) is 9.55. The van der Waals surface area contributed by atoms with Crippen LogP contribution >= 0.6 is 11.3 Å². The van der Waals surface area contributed by atoms with E-state index in [1.54, 1.807) is 74.5 Å². The maximum Gasteiger partial charge on any atom is 0.298 e. The first-order valence-electron chi connectivity index (χ1n) is 17.6. The minimum absolute atomic E-state index is 0.0289. The quantitative estimate of drug-likeness (QED) is 0.0595. The van der Waals surface area contributed by atoms with Gasteiger partial charge in [-0.2, -0.15) is 18.9 Å². The first-order chi connectivity index (χ1) is 28.5. The van der Waals surface area contributed by atoms with E-state index in [1.807, 2.05) is 18.2 Å². The molecule has 1 amide bonds. The Morgan fingerprint density at radius 3 is 2.15 bits per heavy atom. The van der Waals surface area contributed by atoms with Gasteiger partial charge in [0.2, 0.25) is 5.91 Å². The number of ether oxygens (including phenoxy) is 2. The summed E-state index contributed by atoms with van der Waals surface area (Å²) in [6.45, 7) is 3.38. The standard InChI is InChI=1S/C41H34N10O6S2/c1-5-35(52)44-28-13-9-10-25(20-28)36-32(23-43)40(58-41(36)51-48-27-11-7-6-8-12-27)50-49-37-24(2)31(22-42)38(47-39(37)45-26-14-17-30(56-3)18-15-26)46-29-16-19-33(57-4)34(21-29)59(53,54)55/h6-21H,5H2,1-4H3,(H,44,52)(H2,45,46,47)(H,53,54,55). The van der Waals surface area contributed by atoms with E-state index in [0.29, 0.717) is 44.5 Å². The van der Waals surface area contributed by atoms with Crippen LogP contribution in [0.2, 0.25) is 0 Å². The fourth-order valence-electron chi connectivity index (χ4n) is 5.65.